The fraction of sp³-hybridized carbons (Fsp3) is 0.562. The van der Waals surface area contributed by atoms with Crippen molar-refractivity contribution < 1.29 is 4.79 Å². The van der Waals surface area contributed by atoms with E-state index in [0.717, 1.165) is 24.9 Å². The Balaban J connectivity index is 1.84. The molecule has 0 radical (unpaired) electrons. The first-order chi connectivity index (χ1) is 9.19. The molecule has 1 fully saturated rings. The Morgan fingerprint density at radius 2 is 1.89 bits per heavy atom. The van der Waals surface area contributed by atoms with Gasteiger partial charge in [-0.3, -0.25) is 4.79 Å². The van der Waals surface area contributed by atoms with Crippen LogP contribution in [0.25, 0.3) is 0 Å². The van der Waals surface area contributed by atoms with Crippen molar-refractivity contribution >= 4 is 11.6 Å². The maximum atomic E-state index is 12.1. The molecule has 1 aliphatic rings. The molecule has 1 atom stereocenters. The van der Waals surface area contributed by atoms with E-state index in [1.54, 1.807) is 0 Å². The van der Waals surface area contributed by atoms with Gasteiger partial charge in [-0.2, -0.15) is 0 Å². The van der Waals surface area contributed by atoms with E-state index >= 15 is 0 Å². The summed E-state index contributed by atoms with van der Waals surface area (Å²) >= 11 is 0. The fourth-order valence-electron chi connectivity index (χ4n) is 2.55. The minimum Gasteiger partial charge on any atom is -0.374 e. The number of amides is 1. The van der Waals surface area contributed by atoms with Crippen LogP contribution in [0, 0.1) is 0 Å². The molecule has 19 heavy (non-hydrogen) atoms. The van der Waals surface area contributed by atoms with Crippen LogP contribution in [0.1, 0.15) is 45.1 Å². The number of aryl methyl sites for hydroxylation is 1. The van der Waals surface area contributed by atoms with E-state index in [1.807, 2.05) is 19.1 Å². The second-order valence-corrected chi connectivity index (χ2v) is 5.41. The van der Waals surface area contributed by atoms with E-state index in [-0.39, 0.29) is 11.9 Å². The van der Waals surface area contributed by atoms with E-state index < -0.39 is 0 Å². The van der Waals surface area contributed by atoms with Crippen molar-refractivity contribution in [3.05, 3.63) is 29.8 Å². The monoisotopic (exact) mass is 260 g/mol. The summed E-state index contributed by atoms with van der Waals surface area (Å²) in [6.07, 6.45) is 5.78. The fourth-order valence-corrected chi connectivity index (χ4v) is 2.55. The number of hydrogen-bond acceptors (Lipinski definition) is 2. The smallest absolute Gasteiger partial charge is 0.242 e. The van der Waals surface area contributed by atoms with Gasteiger partial charge >= 0.3 is 0 Å². The zero-order valence-corrected chi connectivity index (χ0v) is 11.9. The molecule has 0 aliphatic heterocycles. The normalized spacial score (nSPS) is 17.2. The van der Waals surface area contributed by atoms with Gasteiger partial charge in [-0.1, -0.05) is 31.9 Å². The van der Waals surface area contributed by atoms with E-state index in [1.165, 1.54) is 18.4 Å². The second-order valence-electron chi connectivity index (χ2n) is 5.41. The van der Waals surface area contributed by atoms with Gasteiger partial charge in [-0.05, 0) is 43.9 Å². The van der Waals surface area contributed by atoms with Gasteiger partial charge in [0, 0.05) is 11.7 Å². The molecule has 1 aromatic carbocycles. The summed E-state index contributed by atoms with van der Waals surface area (Å²) in [6, 6.07) is 8.48. The molecule has 104 valence electrons. The highest BCUT2D eigenvalue weighted by atomic mass is 16.2. The molecule has 0 unspecified atom stereocenters. The first-order valence-corrected chi connectivity index (χ1v) is 7.35. The lowest BCUT2D eigenvalue weighted by Gasteiger charge is -2.18. The molecule has 0 heterocycles. The molecule has 0 aromatic heterocycles. The van der Waals surface area contributed by atoms with Crippen LogP contribution in [0.5, 0.6) is 0 Å². The summed E-state index contributed by atoms with van der Waals surface area (Å²) in [5.41, 5.74) is 2.32. The van der Waals surface area contributed by atoms with Crippen LogP contribution in [0.15, 0.2) is 24.3 Å². The third-order valence-electron chi connectivity index (χ3n) is 3.84. The quantitative estimate of drug-likeness (QED) is 0.854. The van der Waals surface area contributed by atoms with Gasteiger partial charge in [-0.15, -0.1) is 0 Å². The maximum Gasteiger partial charge on any atom is 0.242 e. The van der Waals surface area contributed by atoms with Gasteiger partial charge in [0.15, 0.2) is 0 Å². The van der Waals surface area contributed by atoms with Crippen LogP contribution in [-0.4, -0.2) is 18.0 Å². The van der Waals surface area contributed by atoms with Crippen molar-refractivity contribution in [3.8, 4) is 0 Å². The van der Waals surface area contributed by atoms with Crippen molar-refractivity contribution in [2.45, 2.75) is 58.0 Å². The third-order valence-corrected chi connectivity index (χ3v) is 3.84. The Kier molecular flexibility index (Phi) is 4.83. The average Bonchev–Trinajstić information content (AvgIpc) is 2.92. The van der Waals surface area contributed by atoms with Crippen LogP contribution in [-0.2, 0) is 11.2 Å². The number of hydrogen-bond donors (Lipinski definition) is 2. The lowest BCUT2D eigenvalue weighted by atomic mass is 10.1. The van der Waals surface area contributed by atoms with E-state index in [0.29, 0.717) is 6.04 Å². The van der Waals surface area contributed by atoms with Gasteiger partial charge in [-0.25, -0.2) is 0 Å². The summed E-state index contributed by atoms with van der Waals surface area (Å²) < 4.78 is 0. The molecule has 1 amide bonds. The molecule has 1 saturated carbocycles. The number of anilines is 1. The van der Waals surface area contributed by atoms with Crippen LogP contribution < -0.4 is 10.6 Å². The number of rotatable bonds is 5. The van der Waals surface area contributed by atoms with Gasteiger partial charge < -0.3 is 10.6 Å². The van der Waals surface area contributed by atoms with Crippen LogP contribution >= 0.6 is 0 Å². The van der Waals surface area contributed by atoms with E-state index in [9.17, 15) is 4.79 Å². The molecule has 2 rings (SSSR count). The standard InChI is InChI=1S/C16H24N2O/c1-3-13-8-10-15(11-9-13)17-12(2)16(19)18-14-6-4-5-7-14/h8-12,14,17H,3-7H2,1-2H3,(H,18,19)/t12-/m1/s1. The van der Waals surface area contributed by atoms with E-state index in [2.05, 4.69) is 29.7 Å². The molecule has 0 spiro atoms. The highest BCUT2D eigenvalue weighted by molar-refractivity contribution is 5.84. The van der Waals surface area contributed by atoms with Crippen molar-refractivity contribution in [1.82, 2.24) is 5.32 Å². The highest BCUT2D eigenvalue weighted by Crippen LogP contribution is 2.18. The van der Waals surface area contributed by atoms with Crippen molar-refractivity contribution in [3.63, 3.8) is 0 Å². The van der Waals surface area contributed by atoms with Crippen molar-refractivity contribution in [2.75, 3.05) is 5.32 Å². The molecule has 0 bridgehead atoms. The molecule has 1 aliphatic carbocycles. The zero-order chi connectivity index (χ0) is 13.7. The molecule has 3 nitrogen and oxygen atoms in total. The summed E-state index contributed by atoms with van der Waals surface area (Å²) in [5.74, 6) is 0.103. The number of nitrogens with one attached hydrogen (secondary N) is 2. The Bertz CT molecular complexity index is 407. The predicted molar refractivity (Wildman–Crippen MR) is 79.3 cm³/mol. The largest absolute Gasteiger partial charge is 0.374 e. The zero-order valence-electron chi connectivity index (χ0n) is 11.9. The number of carbonyl (C=O) groups excluding carboxylic acids is 1. The lowest BCUT2D eigenvalue weighted by Crippen LogP contribution is -2.42. The number of carbonyl (C=O) groups is 1. The maximum absolute atomic E-state index is 12.1. The third kappa shape index (κ3) is 3.98. The minimum atomic E-state index is -0.187. The summed E-state index contributed by atoms with van der Waals surface area (Å²) in [5, 5.41) is 6.37. The Morgan fingerprint density at radius 1 is 1.26 bits per heavy atom. The van der Waals surface area contributed by atoms with Crippen molar-refractivity contribution in [2.24, 2.45) is 0 Å². The van der Waals surface area contributed by atoms with Gasteiger partial charge in [0.05, 0.1) is 0 Å². The molecule has 0 saturated heterocycles. The second kappa shape index (κ2) is 6.60. The van der Waals surface area contributed by atoms with Crippen LogP contribution in [0.4, 0.5) is 5.69 Å². The van der Waals surface area contributed by atoms with Crippen molar-refractivity contribution in [1.29, 1.82) is 0 Å². The average molecular weight is 260 g/mol. The van der Waals surface area contributed by atoms with Gasteiger partial charge in [0.2, 0.25) is 5.91 Å². The Morgan fingerprint density at radius 3 is 2.47 bits per heavy atom. The summed E-state index contributed by atoms with van der Waals surface area (Å²) in [4.78, 5) is 12.1. The molecular weight excluding hydrogens is 236 g/mol. The first-order valence-electron chi connectivity index (χ1n) is 7.35. The van der Waals surface area contributed by atoms with Gasteiger partial charge in [0.25, 0.3) is 0 Å². The Hall–Kier alpha value is -1.51. The Labute approximate surface area is 115 Å². The number of benzene rings is 1. The highest BCUT2D eigenvalue weighted by Gasteiger charge is 2.20. The van der Waals surface area contributed by atoms with Gasteiger partial charge in [0.1, 0.15) is 6.04 Å². The lowest BCUT2D eigenvalue weighted by molar-refractivity contribution is -0.122. The topological polar surface area (TPSA) is 41.1 Å². The van der Waals surface area contributed by atoms with E-state index in [4.69, 9.17) is 0 Å². The van der Waals surface area contributed by atoms with Crippen LogP contribution in [0.3, 0.4) is 0 Å². The summed E-state index contributed by atoms with van der Waals surface area (Å²) in [6.45, 7) is 4.05. The molecule has 1 aromatic rings. The SMILES string of the molecule is CCc1ccc(N[C@H](C)C(=O)NC2CCCC2)cc1. The van der Waals surface area contributed by atoms with Crippen LogP contribution in [0.2, 0.25) is 0 Å². The molecule has 2 N–H and O–H groups in total. The molecular formula is C16H24N2O. The molecule has 3 heteroatoms. The first kappa shape index (κ1) is 13.9. The summed E-state index contributed by atoms with van der Waals surface area (Å²) in [7, 11) is 0. The predicted octanol–water partition coefficient (Wildman–Crippen LogP) is 3.11. The minimum absolute atomic E-state index is 0.103.